The highest BCUT2D eigenvalue weighted by Gasteiger charge is 2.38. The summed E-state index contributed by atoms with van der Waals surface area (Å²) in [6, 6.07) is 6.88. The Labute approximate surface area is 123 Å². The monoisotopic (exact) mass is 301 g/mol. The number of hydrogen-bond acceptors (Lipinski definition) is 7. The van der Waals surface area contributed by atoms with Gasteiger partial charge in [0, 0.05) is 26.3 Å². The number of hydrogen-bond donors (Lipinski definition) is 4. The predicted molar refractivity (Wildman–Crippen MR) is 76.8 cm³/mol. The van der Waals surface area contributed by atoms with Gasteiger partial charge in [-0.25, -0.2) is 0 Å². The van der Waals surface area contributed by atoms with E-state index in [1.54, 1.807) is 24.3 Å². The molecule has 1 saturated heterocycles. The summed E-state index contributed by atoms with van der Waals surface area (Å²) < 4.78 is 16.3. The second kappa shape index (κ2) is 8.81. The fraction of sp³-hybridized carbons (Fsp3) is 0.571. The van der Waals surface area contributed by atoms with E-state index in [9.17, 15) is 10.2 Å². The van der Waals surface area contributed by atoms with Crippen LogP contribution in [-0.2, 0) is 9.47 Å². The van der Waals surface area contributed by atoms with Crippen LogP contribution in [0.4, 0.5) is 5.69 Å². The van der Waals surface area contributed by atoms with Crippen LogP contribution in [0.5, 0.6) is 5.75 Å². The molecule has 1 aromatic carbocycles. The van der Waals surface area contributed by atoms with Gasteiger partial charge < -0.3 is 35.3 Å². The van der Waals surface area contributed by atoms with E-state index in [0.717, 1.165) is 7.11 Å². The van der Waals surface area contributed by atoms with Crippen molar-refractivity contribution < 1.29 is 29.5 Å². The lowest BCUT2D eigenvalue weighted by Gasteiger charge is -2.37. The van der Waals surface area contributed by atoms with Crippen LogP contribution in [0, 0.1) is 0 Å². The molecule has 4 atom stereocenters. The van der Waals surface area contributed by atoms with Crippen molar-refractivity contribution in [3.05, 3.63) is 24.3 Å². The Morgan fingerprint density at radius 2 is 1.90 bits per heavy atom. The second-order valence-electron chi connectivity index (χ2n) is 4.48. The SMILES string of the molecule is CO.CO[C@@H]1[C@H](O)CC(Oc2ccc(N)cc2)O[C@@H]1CO. The molecule has 1 fully saturated rings. The molecule has 0 saturated carbocycles. The van der Waals surface area contributed by atoms with Gasteiger partial charge in [0.2, 0.25) is 6.29 Å². The fourth-order valence-electron chi connectivity index (χ4n) is 2.14. The van der Waals surface area contributed by atoms with Crippen molar-refractivity contribution in [2.45, 2.75) is 31.0 Å². The molecule has 1 aliphatic heterocycles. The number of anilines is 1. The largest absolute Gasteiger partial charge is 0.465 e. The molecule has 1 aromatic rings. The van der Waals surface area contributed by atoms with E-state index in [4.69, 9.17) is 25.1 Å². The van der Waals surface area contributed by atoms with Crippen LogP contribution in [0.3, 0.4) is 0 Å². The van der Waals surface area contributed by atoms with E-state index >= 15 is 0 Å². The van der Waals surface area contributed by atoms with Gasteiger partial charge in [0.1, 0.15) is 18.0 Å². The first-order valence-electron chi connectivity index (χ1n) is 6.58. The quantitative estimate of drug-likeness (QED) is 0.566. The molecule has 0 spiro atoms. The minimum Gasteiger partial charge on any atom is -0.465 e. The first kappa shape index (κ1) is 17.7. The first-order chi connectivity index (χ1) is 10.1. The number of nitrogens with two attached hydrogens (primary N) is 1. The van der Waals surface area contributed by atoms with Crippen molar-refractivity contribution >= 4 is 5.69 Å². The Morgan fingerprint density at radius 3 is 2.43 bits per heavy atom. The lowest BCUT2D eigenvalue weighted by atomic mass is 10.0. The van der Waals surface area contributed by atoms with Crippen molar-refractivity contribution in [3.8, 4) is 5.75 Å². The smallest absolute Gasteiger partial charge is 0.202 e. The Bertz CT molecular complexity index is 399. The maximum atomic E-state index is 9.95. The molecule has 0 amide bonds. The number of nitrogen functional groups attached to an aromatic ring is 1. The lowest BCUT2D eigenvalue weighted by molar-refractivity contribution is -0.236. The van der Waals surface area contributed by atoms with Crippen LogP contribution in [-0.4, -0.2) is 60.7 Å². The highest BCUT2D eigenvalue weighted by molar-refractivity contribution is 5.41. The maximum Gasteiger partial charge on any atom is 0.202 e. The van der Waals surface area contributed by atoms with Crippen molar-refractivity contribution in [2.24, 2.45) is 0 Å². The summed E-state index contributed by atoms with van der Waals surface area (Å²) >= 11 is 0. The molecule has 21 heavy (non-hydrogen) atoms. The third-order valence-electron chi connectivity index (χ3n) is 3.11. The van der Waals surface area contributed by atoms with Crippen molar-refractivity contribution in [2.75, 3.05) is 26.6 Å². The van der Waals surface area contributed by atoms with E-state index in [1.807, 2.05) is 0 Å². The molecule has 2 rings (SSSR count). The van der Waals surface area contributed by atoms with Crippen LogP contribution in [0.1, 0.15) is 6.42 Å². The first-order valence-corrected chi connectivity index (χ1v) is 6.58. The standard InChI is InChI=1S/C13H19NO5.CH4O/c1-17-13-10(16)6-12(19-11(13)7-15)18-9-4-2-8(14)3-5-9;1-2/h2-5,10-13,15-16H,6-7,14H2,1H3;2H,1H3/t10-,11-,12?,13-;/m1./s1. The van der Waals surface area contributed by atoms with Gasteiger partial charge in [-0.2, -0.15) is 0 Å². The van der Waals surface area contributed by atoms with Crippen molar-refractivity contribution in [1.82, 2.24) is 0 Å². The Balaban J connectivity index is 0.00000106. The number of aliphatic hydroxyl groups excluding tert-OH is 3. The lowest BCUT2D eigenvalue weighted by Crippen LogP contribution is -2.52. The van der Waals surface area contributed by atoms with Crippen LogP contribution in [0.2, 0.25) is 0 Å². The molecular formula is C14H23NO6. The van der Waals surface area contributed by atoms with E-state index in [0.29, 0.717) is 11.4 Å². The Morgan fingerprint density at radius 1 is 1.29 bits per heavy atom. The van der Waals surface area contributed by atoms with Gasteiger partial charge in [0.15, 0.2) is 0 Å². The third-order valence-corrected chi connectivity index (χ3v) is 3.11. The summed E-state index contributed by atoms with van der Waals surface area (Å²) in [5, 5.41) is 26.2. The van der Waals surface area contributed by atoms with Crippen LogP contribution in [0.15, 0.2) is 24.3 Å². The summed E-state index contributed by atoms with van der Waals surface area (Å²) in [5.41, 5.74) is 6.23. The van der Waals surface area contributed by atoms with Gasteiger partial charge >= 0.3 is 0 Å². The highest BCUT2D eigenvalue weighted by atomic mass is 16.7. The average molecular weight is 301 g/mol. The molecule has 7 heteroatoms. The van der Waals surface area contributed by atoms with Crippen LogP contribution >= 0.6 is 0 Å². The summed E-state index contributed by atoms with van der Waals surface area (Å²) in [5.74, 6) is 0.596. The number of aliphatic hydroxyl groups is 3. The molecule has 1 aliphatic rings. The Hall–Kier alpha value is -1.38. The summed E-state index contributed by atoms with van der Waals surface area (Å²) in [4.78, 5) is 0. The van der Waals surface area contributed by atoms with E-state index in [2.05, 4.69) is 0 Å². The highest BCUT2D eigenvalue weighted by Crippen LogP contribution is 2.25. The van der Waals surface area contributed by atoms with Crippen molar-refractivity contribution in [1.29, 1.82) is 0 Å². The molecule has 5 N–H and O–H groups in total. The predicted octanol–water partition coefficient (Wildman–Crippen LogP) is -0.261. The zero-order chi connectivity index (χ0) is 15.8. The number of ether oxygens (including phenoxy) is 3. The molecule has 1 heterocycles. The molecular weight excluding hydrogens is 278 g/mol. The van der Waals surface area contributed by atoms with Crippen molar-refractivity contribution in [3.63, 3.8) is 0 Å². The van der Waals surface area contributed by atoms with Gasteiger partial charge in [-0.15, -0.1) is 0 Å². The molecule has 7 nitrogen and oxygen atoms in total. The van der Waals surface area contributed by atoms with Gasteiger partial charge in [-0.3, -0.25) is 0 Å². The van der Waals surface area contributed by atoms with E-state index in [1.165, 1.54) is 7.11 Å². The second-order valence-corrected chi connectivity index (χ2v) is 4.48. The molecule has 120 valence electrons. The number of benzene rings is 1. The zero-order valence-electron chi connectivity index (χ0n) is 12.2. The van der Waals surface area contributed by atoms with E-state index in [-0.39, 0.29) is 13.0 Å². The third kappa shape index (κ3) is 4.83. The summed E-state index contributed by atoms with van der Waals surface area (Å²) in [7, 11) is 2.47. The van der Waals surface area contributed by atoms with Gasteiger partial charge in [-0.1, -0.05) is 0 Å². The topological polar surface area (TPSA) is 114 Å². The molecule has 0 bridgehead atoms. The Kier molecular flexibility index (Phi) is 7.41. The number of methoxy groups -OCH3 is 1. The molecule has 1 unspecified atom stereocenters. The normalized spacial score (nSPS) is 28.4. The number of rotatable bonds is 4. The molecule has 0 aliphatic carbocycles. The fourth-order valence-corrected chi connectivity index (χ4v) is 2.14. The molecule has 0 radical (unpaired) electrons. The van der Waals surface area contributed by atoms with Gasteiger partial charge in [0.05, 0.1) is 12.7 Å². The summed E-state index contributed by atoms with van der Waals surface area (Å²) in [6.07, 6.45) is -2.24. The zero-order valence-corrected chi connectivity index (χ0v) is 12.2. The van der Waals surface area contributed by atoms with E-state index < -0.39 is 24.6 Å². The average Bonchev–Trinajstić information content (AvgIpc) is 2.51. The summed E-state index contributed by atoms with van der Waals surface area (Å²) in [6.45, 7) is -0.239. The van der Waals surface area contributed by atoms with Gasteiger partial charge in [-0.05, 0) is 24.3 Å². The van der Waals surface area contributed by atoms with Crippen LogP contribution < -0.4 is 10.5 Å². The minimum absolute atomic E-state index is 0.239. The van der Waals surface area contributed by atoms with Gasteiger partial charge in [0.25, 0.3) is 0 Å². The minimum atomic E-state index is -0.741. The molecule has 0 aromatic heterocycles. The van der Waals surface area contributed by atoms with Crippen LogP contribution in [0.25, 0.3) is 0 Å². The maximum absolute atomic E-state index is 9.95.